The summed E-state index contributed by atoms with van der Waals surface area (Å²) in [6, 6.07) is 13.5. The summed E-state index contributed by atoms with van der Waals surface area (Å²) >= 11 is 2.92. The zero-order valence-electron chi connectivity index (χ0n) is 19.1. The fourth-order valence-corrected chi connectivity index (χ4v) is 5.54. The number of carbonyl (C=O) groups is 3. The number of rotatable bonds is 6. The van der Waals surface area contributed by atoms with E-state index in [1.54, 1.807) is 30.4 Å². The van der Waals surface area contributed by atoms with Crippen molar-refractivity contribution in [2.45, 2.75) is 27.7 Å². The Kier molecular flexibility index (Phi) is 6.76. The summed E-state index contributed by atoms with van der Waals surface area (Å²) in [6.45, 7) is 6.62. The molecule has 2 aromatic carbocycles. The van der Waals surface area contributed by atoms with E-state index in [4.69, 9.17) is 4.74 Å². The highest BCUT2D eigenvalue weighted by molar-refractivity contribution is 7.21. The molecule has 0 aliphatic heterocycles. The van der Waals surface area contributed by atoms with E-state index in [1.165, 1.54) is 23.8 Å². The number of thiophene rings is 1. The molecule has 0 bridgehead atoms. The van der Waals surface area contributed by atoms with Crippen molar-refractivity contribution in [1.82, 2.24) is 4.98 Å². The number of ether oxygens (including phenoxy) is 1. The third-order valence-electron chi connectivity index (χ3n) is 5.17. The minimum atomic E-state index is -0.651. The van der Waals surface area contributed by atoms with Crippen LogP contribution in [0.25, 0.3) is 20.8 Å². The number of hydrogen-bond acceptors (Lipinski definition) is 7. The lowest BCUT2D eigenvalue weighted by Crippen LogP contribution is -2.21. The number of hydrogen-bond donors (Lipinski definition) is 2. The molecule has 0 aliphatic carbocycles. The number of benzene rings is 2. The number of nitrogens with zero attached hydrogens (tertiary/aromatic N) is 1. The number of nitrogens with one attached hydrogen (secondary N) is 2. The largest absolute Gasteiger partial charge is 0.452 e. The molecular formula is C25H23N3O4S2. The molecule has 4 rings (SSSR count). The molecule has 2 amide bonds. The molecule has 0 atom stereocenters. The number of aromatic nitrogens is 1. The first-order valence-corrected chi connectivity index (χ1v) is 12.2. The fraction of sp³-hybridized carbons (Fsp3) is 0.200. The summed E-state index contributed by atoms with van der Waals surface area (Å²) < 4.78 is 6.34. The Morgan fingerprint density at radius 3 is 2.41 bits per heavy atom. The van der Waals surface area contributed by atoms with Crippen LogP contribution in [-0.2, 0) is 14.3 Å². The quantitative estimate of drug-likeness (QED) is 0.336. The Morgan fingerprint density at radius 2 is 1.71 bits per heavy atom. The van der Waals surface area contributed by atoms with Gasteiger partial charge in [0.25, 0.3) is 5.91 Å². The van der Waals surface area contributed by atoms with E-state index >= 15 is 0 Å². The molecule has 4 aromatic rings. The van der Waals surface area contributed by atoms with Crippen LogP contribution in [0.1, 0.15) is 33.3 Å². The molecular weight excluding hydrogens is 470 g/mol. The average Bonchev–Trinajstić information content (AvgIpc) is 3.32. The molecule has 2 heterocycles. The highest BCUT2D eigenvalue weighted by Gasteiger charge is 2.22. The molecule has 0 saturated carbocycles. The summed E-state index contributed by atoms with van der Waals surface area (Å²) in [7, 11) is 0. The molecule has 0 spiro atoms. The maximum absolute atomic E-state index is 12.6. The minimum Gasteiger partial charge on any atom is -0.452 e. The van der Waals surface area contributed by atoms with Crippen molar-refractivity contribution in [3.63, 3.8) is 0 Å². The van der Waals surface area contributed by atoms with Gasteiger partial charge < -0.3 is 15.4 Å². The lowest BCUT2D eigenvalue weighted by molar-refractivity contribution is -0.119. The van der Waals surface area contributed by atoms with Crippen LogP contribution in [0.3, 0.4) is 0 Å². The topological polar surface area (TPSA) is 97.4 Å². The number of anilines is 2. The van der Waals surface area contributed by atoms with Gasteiger partial charge in [0.05, 0.1) is 15.8 Å². The van der Waals surface area contributed by atoms with Crippen LogP contribution in [0.2, 0.25) is 0 Å². The van der Waals surface area contributed by atoms with Crippen molar-refractivity contribution < 1.29 is 19.1 Å². The van der Waals surface area contributed by atoms with Gasteiger partial charge in [-0.2, -0.15) is 0 Å². The van der Waals surface area contributed by atoms with Crippen LogP contribution >= 0.6 is 22.7 Å². The number of carbonyl (C=O) groups excluding carboxylic acids is 3. The van der Waals surface area contributed by atoms with E-state index in [0.29, 0.717) is 10.7 Å². The Morgan fingerprint density at radius 1 is 0.971 bits per heavy atom. The normalized spacial score (nSPS) is 10.8. The first-order valence-electron chi connectivity index (χ1n) is 10.5. The first-order chi connectivity index (χ1) is 16.2. The molecule has 9 heteroatoms. The molecule has 174 valence electrons. The van der Waals surface area contributed by atoms with Crippen molar-refractivity contribution in [2.24, 2.45) is 0 Å². The summed E-state index contributed by atoms with van der Waals surface area (Å²) in [5.74, 6) is -1.39. The summed E-state index contributed by atoms with van der Waals surface area (Å²) in [5, 5.41) is 6.71. The zero-order valence-corrected chi connectivity index (χ0v) is 20.8. The van der Waals surface area contributed by atoms with Crippen molar-refractivity contribution in [3.05, 3.63) is 64.0 Å². The minimum absolute atomic E-state index is 0.279. The van der Waals surface area contributed by atoms with Gasteiger partial charge in [0, 0.05) is 23.1 Å². The molecule has 2 aromatic heterocycles. The third-order valence-corrected chi connectivity index (χ3v) is 7.36. The van der Waals surface area contributed by atoms with Gasteiger partial charge in [0.1, 0.15) is 10.0 Å². The standard InChI is InChI=1S/C25H23N3O4S2/c1-13-5-10-19-20(11-13)34-23(28-19)17-6-8-18(9-7-17)27-21(30)12-32-25(31)22-14(2)15(3)33-24(22)26-16(4)29/h5-11H,12H2,1-4H3,(H,26,29)(H,27,30). The van der Waals surface area contributed by atoms with Crippen molar-refractivity contribution in [3.8, 4) is 10.6 Å². The fourth-order valence-electron chi connectivity index (χ4n) is 3.37. The Labute approximate surface area is 204 Å². The maximum Gasteiger partial charge on any atom is 0.341 e. The van der Waals surface area contributed by atoms with Crippen LogP contribution in [0.15, 0.2) is 42.5 Å². The lowest BCUT2D eigenvalue weighted by Gasteiger charge is -2.08. The summed E-state index contributed by atoms with van der Waals surface area (Å²) in [5.41, 5.74) is 4.69. The van der Waals surface area contributed by atoms with Crippen LogP contribution in [0.5, 0.6) is 0 Å². The molecule has 34 heavy (non-hydrogen) atoms. The highest BCUT2D eigenvalue weighted by atomic mass is 32.1. The van der Waals surface area contributed by atoms with Gasteiger partial charge in [0.15, 0.2) is 6.61 Å². The molecule has 0 unspecified atom stereocenters. The molecule has 2 N–H and O–H groups in total. The number of thiazole rings is 1. The van der Waals surface area contributed by atoms with Crippen LogP contribution in [-0.4, -0.2) is 29.4 Å². The predicted molar refractivity (Wildman–Crippen MR) is 137 cm³/mol. The van der Waals surface area contributed by atoms with E-state index in [-0.39, 0.29) is 11.5 Å². The van der Waals surface area contributed by atoms with Crippen LogP contribution in [0, 0.1) is 20.8 Å². The molecule has 0 aliphatic rings. The zero-order chi connectivity index (χ0) is 24.4. The number of amides is 2. The number of fused-ring (bicyclic) bond motifs is 1. The molecule has 0 radical (unpaired) electrons. The number of esters is 1. The van der Waals surface area contributed by atoms with Gasteiger partial charge in [-0.25, -0.2) is 9.78 Å². The Hall–Kier alpha value is -3.56. The SMILES string of the molecule is CC(=O)Nc1sc(C)c(C)c1C(=O)OCC(=O)Nc1ccc(-c2nc3ccc(C)cc3s2)cc1. The van der Waals surface area contributed by atoms with E-state index in [0.717, 1.165) is 31.2 Å². The van der Waals surface area contributed by atoms with E-state index in [1.807, 2.05) is 31.2 Å². The second-order valence-electron chi connectivity index (χ2n) is 7.86. The summed E-state index contributed by atoms with van der Waals surface area (Å²) in [6.07, 6.45) is 0. The van der Waals surface area contributed by atoms with Gasteiger partial charge in [0.2, 0.25) is 5.91 Å². The van der Waals surface area contributed by atoms with E-state index in [9.17, 15) is 14.4 Å². The molecule has 7 nitrogen and oxygen atoms in total. The van der Waals surface area contributed by atoms with Gasteiger partial charge >= 0.3 is 5.97 Å². The highest BCUT2D eigenvalue weighted by Crippen LogP contribution is 2.33. The second kappa shape index (κ2) is 9.74. The van der Waals surface area contributed by atoms with E-state index in [2.05, 4.69) is 28.6 Å². The van der Waals surface area contributed by atoms with E-state index < -0.39 is 18.5 Å². The maximum atomic E-state index is 12.6. The average molecular weight is 494 g/mol. The van der Waals surface area contributed by atoms with Gasteiger partial charge in [-0.1, -0.05) is 6.07 Å². The smallest absolute Gasteiger partial charge is 0.341 e. The van der Waals surface area contributed by atoms with Gasteiger partial charge in [-0.3, -0.25) is 9.59 Å². The molecule has 0 fully saturated rings. The van der Waals surface area contributed by atoms with Crippen LogP contribution < -0.4 is 10.6 Å². The predicted octanol–water partition coefficient (Wildman–Crippen LogP) is 5.70. The monoisotopic (exact) mass is 493 g/mol. The van der Waals surface area contributed by atoms with Crippen molar-refractivity contribution in [1.29, 1.82) is 0 Å². The third kappa shape index (κ3) is 5.16. The molecule has 0 saturated heterocycles. The number of aryl methyl sites for hydroxylation is 2. The summed E-state index contributed by atoms with van der Waals surface area (Å²) in [4.78, 5) is 41.9. The first kappa shape index (κ1) is 23.6. The van der Waals surface area contributed by atoms with Crippen molar-refractivity contribution >= 4 is 61.4 Å². The van der Waals surface area contributed by atoms with Gasteiger partial charge in [-0.15, -0.1) is 22.7 Å². The Bertz CT molecular complexity index is 1400. The second-order valence-corrected chi connectivity index (χ2v) is 10.1. The lowest BCUT2D eigenvalue weighted by atomic mass is 10.1. The van der Waals surface area contributed by atoms with Crippen LogP contribution in [0.4, 0.5) is 10.7 Å². The Balaban J connectivity index is 1.38. The van der Waals surface area contributed by atoms with Crippen molar-refractivity contribution in [2.75, 3.05) is 17.2 Å². The van der Waals surface area contributed by atoms with Gasteiger partial charge in [-0.05, 0) is 68.3 Å².